The second-order valence-electron chi connectivity index (χ2n) is 6.75. The molecule has 0 aromatic heterocycles. The average Bonchev–Trinajstić information content (AvgIpc) is 2.90. The number of nitrogens with one attached hydrogen (secondary N) is 1. The second-order valence-corrected chi connectivity index (χ2v) is 8.46. The lowest BCUT2D eigenvalue weighted by Gasteiger charge is -2.13. The van der Waals surface area contributed by atoms with Gasteiger partial charge in [0.15, 0.2) is 0 Å². The summed E-state index contributed by atoms with van der Waals surface area (Å²) in [7, 11) is -3.60. The monoisotopic (exact) mass is 398 g/mol. The lowest BCUT2D eigenvalue weighted by molar-refractivity contribution is 0.0657. The number of imide groups is 1. The van der Waals surface area contributed by atoms with Crippen LogP contribution in [0.15, 0.2) is 65.6 Å². The van der Waals surface area contributed by atoms with Crippen LogP contribution in [0.4, 0.5) is 0 Å². The van der Waals surface area contributed by atoms with Crippen LogP contribution < -0.4 is 4.72 Å². The van der Waals surface area contributed by atoms with Crippen molar-refractivity contribution in [3.05, 3.63) is 77.4 Å². The molecule has 3 rings (SSSR count). The van der Waals surface area contributed by atoms with Gasteiger partial charge in [0.05, 0.1) is 16.0 Å². The van der Waals surface area contributed by atoms with Gasteiger partial charge in [0.1, 0.15) is 0 Å². The highest BCUT2D eigenvalue weighted by Gasteiger charge is 2.34. The van der Waals surface area contributed by atoms with E-state index in [1.165, 1.54) is 4.90 Å². The van der Waals surface area contributed by atoms with E-state index >= 15 is 0 Å². The van der Waals surface area contributed by atoms with E-state index in [2.05, 4.69) is 4.72 Å². The Bertz CT molecular complexity index is 992. The summed E-state index contributed by atoms with van der Waals surface area (Å²) in [5.41, 5.74) is 1.84. The zero-order valence-electron chi connectivity index (χ0n) is 15.8. The first-order valence-electron chi connectivity index (χ1n) is 9.00. The van der Waals surface area contributed by atoms with Gasteiger partial charge in [0.25, 0.3) is 11.8 Å². The Balaban J connectivity index is 1.55. The molecule has 2 amide bonds. The van der Waals surface area contributed by atoms with Crippen LogP contribution in [-0.2, 0) is 10.0 Å². The number of hydrogen-bond acceptors (Lipinski definition) is 4. The highest BCUT2D eigenvalue weighted by atomic mass is 32.2. The Morgan fingerprint density at radius 1 is 1.00 bits per heavy atom. The van der Waals surface area contributed by atoms with E-state index in [4.69, 9.17) is 0 Å². The third kappa shape index (κ3) is 4.21. The number of carbonyl (C=O) groups is 2. The minimum Gasteiger partial charge on any atom is -0.274 e. The van der Waals surface area contributed by atoms with E-state index in [1.807, 2.05) is 6.92 Å². The average molecular weight is 398 g/mol. The first-order valence-corrected chi connectivity index (χ1v) is 10.5. The highest BCUT2D eigenvalue weighted by molar-refractivity contribution is 7.89. The van der Waals surface area contributed by atoms with Gasteiger partial charge in [0.2, 0.25) is 10.0 Å². The van der Waals surface area contributed by atoms with Crippen molar-refractivity contribution in [2.45, 2.75) is 31.2 Å². The summed E-state index contributed by atoms with van der Waals surface area (Å²) >= 11 is 0. The molecule has 1 aliphatic rings. The van der Waals surface area contributed by atoms with Crippen molar-refractivity contribution in [3.8, 4) is 0 Å². The molecule has 6 nitrogen and oxygen atoms in total. The molecular formula is C21H22N2O4S. The largest absolute Gasteiger partial charge is 0.274 e. The summed E-state index contributed by atoms with van der Waals surface area (Å²) in [5.74, 6) is -0.579. The van der Waals surface area contributed by atoms with Crippen LogP contribution in [0.3, 0.4) is 0 Å². The first kappa shape index (κ1) is 20.0. The molecule has 1 heterocycles. The predicted octanol–water partition coefficient (Wildman–Crippen LogP) is 2.90. The van der Waals surface area contributed by atoms with E-state index in [-0.39, 0.29) is 23.3 Å². The van der Waals surface area contributed by atoms with E-state index < -0.39 is 16.1 Å². The maximum Gasteiger partial charge on any atom is 0.261 e. The minimum absolute atomic E-state index is 0.212. The van der Waals surface area contributed by atoms with Crippen molar-refractivity contribution in [3.63, 3.8) is 0 Å². The van der Waals surface area contributed by atoms with Gasteiger partial charge in [0, 0.05) is 12.6 Å². The van der Waals surface area contributed by atoms with Crippen LogP contribution in [0.1, 0.15) is 39.6 Å². The fraction of sp³-hybridized carbons (Fsp3) is 0.238. The van der Waals surface area contributed by atoms with Gasteiger partial charge in [-0.15, -0.1) is 0 Å². The van der Waals surface area contributed by atoms with Gasteiger partial charge in [-0.2, -0.15) is 0 Å². The molecule has 28 heavy (non-hydrogen) atoms. The number of aryl methyl sites for hydroxylation is 1. The maximum absolute atomic E-state index is 12.4. The van der Waals surface area contributed by atoms with Gasteiger partial charge < -0.3 is 0 Å². The summed E-state index contributed by atoms with van der Waals surface area (Å²) in [6.45, 7) is 3.87. The van der Waals surface area contributed by atoms with Crippen molar-refractivity contribution >= 4 is 21.8 Å². The van der Waals surface area contributed by atoms with Crippen LogP contribution >= 0.6 is 0 Å². The van der Waals surface area contributed by atoms with Gasteiger partial charge in [-0.3, -0.25) is 14.5 Å². The summed E-state index contributed by atoms with van der Waals surface area (Å²) in [4.78, 5) is 26.0. The fourth-order valence-corrected chi connectivity index (χ4v) is 4.21. The third-order valence-corrected chi connectivity index (χ3v) is 6.07. The Hall–Kier alpha value is -2.77. The van der Waals surface area contributed by atoms with Gasteiger partial charge in [-0.25, -0.2) is 13.1 Å². The van der Waals surface area contributed by atoms with Crippen LogP contribution in [0.25, 0.3) is 0 Å². The van der Waals surface area contributed by atoms with E-state index in [0.717, 1.165) is 5.56 Å². The first-order chi connectivity index (χ1) is 13.3. The lowest BCUT2D eigenvalue weighted by atomic mass is 10.1. The zero-order valence-corrected chi connectivity index (χ0v) is 16.6. The maximum atomic E-state index is 12.4. The van der Waals surface area contributed by atoms with Gasteiger partial charge in [-0.05, 0) is 44.5 Å². The molecule has 7 heteroatoms. The number of sulfonamides is 1. The molecule has 1 atom stereocenters. The molecular weight excluding hydrogens is 376 g/mol. The van der Waals surface area contributed by atoms with E-state index in [9.17, 15) is 18.0 Å². The standard InChI is InChI=1S/C21H22N2O4S/c1-15-10-12-17(13-11-15)28(26,27)22-16(2)7-5-6-14-23-20(24)18-8-3-4-9-19(18)21(23)25/h3-5,7-13,16,22H,6,14H2,1-2H3/b7-5+. The Labute approximate surface area is 164 Å². The predicted molar refractivity (Wildman–Crippen MR) is 107 cm³/mol. The van der Waals surface area contributed by atoms with Crippen LogP contribution in [0.2, 0.25) is 0 Å². The third-order valence-electron chi connectivity index (χ3n) is 4.49. The lowest BCUT2D eigenvalue weighted by Crippen LogP contribution is -2.31. The van der Waals surface area contributed by atoms with E-state index in [1.54, 1.807) is 67.6 Å². The molecule has 1 unspecified atom stereocenters. The molecule has 1 aliphatic heterocycles. The van der Waals surface area contributed by atoms with Crippen LogP contribution in [0, 0.1) is 6.92 Å². The number of hydrogen-bond donors (Lipinski definition) is 1. The van der Waals surface area contributed by atoms with Crippen molar-refractivity contribution in [2.75, 3.05) is 6.54 Å². The number of nitrogens with zero attached hydrogens (tertiary/aromatic N) is 1. The van der Waals surface area contributed by atoms with Crippen LogP contribution in [-0.4, -0.2) is 37.7 Å². The molecule has 0 radical (unpaired) electrons. The molecule has 2 aromatic carbocycles. The van der Waals surface area contributed by atoms with Crippen molar-refractivity contribution in [2.24, 2.45) is 0 Å². The van der Waals surface area contributed by atoms with Crippen LogP contribution in [0.5, 0.6) is 0 Å². The number of carbonyl (C=O) groups excluding carboxylic acids is 2. The number of benzene rings is 2. The topological polar surface area (TPSA) is 83.6 Å². The van der Waals surface area contributed by atoms with Gasteiger partial charge >= 0.3 is 0 Å². The molecule has 0 spiro atoms. The molecule has 1 N–H and O–H groups in total. The van der Waals surface area contributed by atoms with Crippen molar-refractivity contribution < 1.29 is 18.0 Å². The van der Waals surface area contributed by atoms with Crippen molar-refractivity contribution in [1.29, 1.82) is 0 Å². The molecule has 0 bridgehead atoms. The normalized spacial score (nSPS) is 15.3. The summed E-state index contributed by atoms with van der Waals surface area (Å²) in [6.07, 6.45) is 3.93. The Morgan fingerprint density at radius 3 is 2.14 bits per heavy atom. The smallest absolute Gasteiger partial charge is 0.261 e. The molecule has 0 fully saturated rings. The highest BCUT2D eigenvalue weighted by Crippen LogP contribution is 2.22. The van der Waals surface area contributed by atoms with Gasteiger partial charge in [-0.1, -0.05) is 42.0 Å². The second kappa shape index (κ2) is 8.08. The Kier molecular flexibility index (Phi) is 5.76. The summed E-state index contributed by atoms with van der Waals surface area (Å²) in [6, 6.07) is 13.0. The number of rotatable bonds is 7. The minimum atomic E-state index is -3.60. The molecule has 0 saturated carbocycles. The fourth-order valence-electron chi connectivity index (χ4n) is 3.02. The van der Waals surface area contributed by atoms with Crippen molar-refractivity contribution in [1.82, 2.24) is 9.62 Å². The molecule has 146 valence electrons. The number of fused-ring (bicyclic) bond motifs is 1. The Morgan fingerprint density at radius 2 is 1.57 bits per heavy atom. The zero-order chi connectivity index (χ0) is 20.3. The molecule has 0 saturated heterocycles. The molecule has 2 aromatic rings. The SMILES string of the molecule is Cc1ccc(S(=O)(=O)NC(C)/C=C/CCN2C(=O)c3ccccc3C2=O)cc1. The number of amides is 2. The summed E-state index contributed by atoms with van der Waals surface area (Å²) < 4.78 is 27.3. The van der Waals surface area contributed by atoms with E-state index in [0.29, 0.717) is 17.5 Å². The summed E-state index contributed by atoms with van der Waals surface area (Å²) in [5, 5.41) is 0. The molecule has 0 aliphatic carbocycles. The quantitative estimate of drug-likeness (QED) is 0.574.